The summed E-state index contributed by atoms with van der Waals surface area (Å²) in [6.07, 6.45) is 5.44. The van der Waals surface area contributed by atoms with Crippen LogP contribution in [0.3, 0.4) is 0 Å². The van der Waals surface area contributed by atoms with Gasteiger partial charge in [0.25, 0.3) is 0 Å². The Kier molecular flexibility index (Phi) is 5.32. The number of nitrogens with one attached hydrogen (secondary N) is 1. The van der Waals surface area contributed by atoms with Crippen molar-refractivity contribution in [1.29, 1.82) is 0 Å². The number of ether oxygens (including phenoxy) is 1. The van der Waals surface area contributed by atoms with E-state index in [0.717, 1.165) is 31.7 Å². The highest BCUT2D eigenvalue weighted by Gasteiger charge is 2.32. The number of likely N-dealkylation sites (tertiary alicyclic amines) is 2. The third-order valence-electron chi connectivity index (χ3n) is 5.36. The lowest BCUT2D eigenvalue weighted by Crippen LogP contribution is -2.46. The van der Waals surface area contributed by atoms with Crippen LogP contribution in [0.2, 0.25) is 0 Å². The molecule has 3 fully saturated rings. The molecule has 3 unspecified atom stereocenters. The first kappa shape index (κ1) is 14.8. The molecule has 0 radical (unpaired) electrons. The van der Waals surface area contributed by atoms with Gasteiger partial charge in [-0.1, -0.05) is 6.92 Å². The molecule has 4 nitrogen and oxygen atoms in total. The van der Waals surface area contributed by atoms with E-state index in [2.05, 4.69) is 22.0 Å². The van der Waals surface area contributed by atoms with E-state index in [4.69, 9.17) is 4.74 Å². The molecule has 0 aliphatic carbocycles. The van der Waals surface area contributed by atoms with Gasteiger partial charge in [-0.25, -0.2) is 0 Å². The van der Waals surface area contributed by atoms with E-state index in [1.165, 1.54) is 58.4 Å². The molecule has 0 aromatic rings. The lowest BCUT2D eigenvalue weighted by atomic mass is 9.98. The first-order chi connectivity index (χ1) is 9.86. The maximum atomic E-state index is 5.58. The van der Waals surface area contributed by atoms with Gasteiger partial charge in [-0.2, -0.15) is 0 Å². The Labute approximate surface area is 123 Å². The van der Waals surface area contributed by atoms with Gasteiger partial charge in [-0.3, -0.25) is 4.90 Å². The number of hydrogen-bond donors (Lipinski definition) is 1. The SMILES string of the molecule is CCNC(CN1CCC(N2CCCC2)C1)C1CCOC1. The van der Waals surface area contributed by atoms with E-state index >= 15 is 0 Å². The standard InChI is InChI=1S/C16H31N3O/c1-2-17-16(14-6-10-20-13-14)12-18-9-5-15(11-18)19-7-3-4-8-19/h14-17H,2-13H2,1H3. The van der Waals surface area contributed by atoms with Gasteiger partial charge in [0.05, 0.1) is 6.61 Å². The molecule has 20 heavy (non-hydrogen) atoms. The zero-order chi connectivity index (χ0) is 13.8. The Bertz CT molecular complexity index is 287. The van der Waals surface area contributed by atoms with Gasteiger partial charge < -0.3 is 15.0 Å². The van der Waals surface area contributed by atoms with E-state index in [1.54, 1.807) is 0 Å². The van der Waals surface area contributed by atoms with Gasteiger partial charge in [0.15, 0.2) is 0 Å². The van der Waals surface area contributed by atoms with Crippen LogP contribution >= 0.6 is 0 Å². The largest absolute Gasteiger partial charge is 0.381 e. The van der Waals surface area contributed by atoms with Gasteiger partial charge in [0.1, 0.15) is 0 Å². The first-order valence-corrected chi connectivity index (χ1v) is 8.64. The summed E-state index contributed by atoms with van der Waals surface area (Å²) >= 11 is 0. The van der Waals surface area contributed by atoms with Crippen LogP contribution in [0.25, 0.3) is 0 Å². The van der Waals surface area contributed by atoms with E-state index in [0.29, 0.717) is 6.04 Å². The minimum absolute atomic E-state index is 0.625. The van der Waals surface area contributed by atoms with Crippen LogP contribution in [0.1, 0.15) is 32.6 Å². The molecule has 116 valence electrons. The summed E-state index contributed by atoms with van der Waals surface area (Å²) < 4.78 is 5.58. The summed E-state index contributed by atoms with van der Waals surface area (Å²) in [5.41, 5.74) is 0. The fourth-order valence-electron chi connectivity index (χ4n) is 4.17. The predicted octanol–water partition coefficient (Wildman–Crippen LogP) is 1.17. The zero-order valence-corrected chi connectivity index (χ0v) is 13.0. The molecule has 0 aromatic carbocycles. The van der Waals surface area contributed by atoms with Crippen molar-refractivity contribution < 1.29 is 4.74 Å². The van der Waals surface area contributed by atoms with Crippen molar-refractivity contribution in [2.24, 2.45) is 5.92 Å². The maximum Gasteiger partial charge on any atom is 0.0510 e. The summed E-state index contributed by atoms with van der Waals surface area (Å²) in [5.74, 6) is 0.723. The van der Waals surface area contributed by atoms with Crippen molar-refractivity contribution in [1.82, 2.24) is 15.1 Å². The molecule has 3 aliphatic heterocycles. The summed E-state index contributed by atoms with van der Waals surface area (Å²) in [4.78, 5) is 5.41. The molecule has 3 heterocycles. The summed E-state index contributed by atoms with van der Waals surface area (Å²) in [6.45, 7) is 11.7. The fraction of sp³-hybridized carbons (Fsp3) is 1.00. The highest BCUT2D eigenvalue weighted by Crippen LogP contribution is 2.23. The summed E-state index contributed by atoms with van der Waals surface area (Å²) in [5, 5.41) is 3.70. The minimum Gasteiger partial charge on any atom is -0.381 e. The smallest absolute Gasteiger partial charge is 0.0510 e. The van der Waals surface area contributed by atoms with Crippen LogP contribution in [0.5, 0.6) is 0 Å². The van der Waals surface area contributed by atoms with E-state index in [-0.39, 0.29) is 0 Å². The monoisotopic (exact) mass is 281 g/mol. The first-order valence-electron chi connectivity index (χ1n) is 8.64. The van der Waals surface area contributed by atoms with E-state index < -0.39 is 0 Å². The van der Waals surface area contributed by atoms with Crippen LogP contribution in [-0.2, 0) is 4.74 Å². The average molecular weight is 281 g/mol. The van der Waals surface area contributed by atoms with Gasteiger partial charge in [-0.05, 0) is 51.9 Å². The number of hydrogen-bond acceptors (Lipinski definition) is 4. The fourth-order valence-corrected chi connectivity index (χ4v) is 4.17. The second kappa shape index (κ2) is 7.21. The molecule has 3 rings (SSSR count). The molecule has 0 bridgehead atoms. The van der Waals surface area contributed by atoms with E-state index in [1.807, 2.05) is 0 Å². The highest BCUT2D eigenvalue weighted by molar-refractivity contribution is 4.89. The van der Waals surface area contributed by atoms with Crippen LogP contribution < -0.4 is 5.32 Å². The predicted molar refractivity (Wildman–Crippen MR) is 82.0 cm³/mol. The molecule has 0 saturated carbocycles. The lowest BCUT2D eigenvalue weighted by molar-refractivity contribution is 0.163. The van der Waals surface area contributed by atoms with Gasteiger partial charge in [0, 0.05) is 37.7 Å². The Morgan fingerprint density at radius 2 is 2.05 bits per heavy atom. The highest BCUT2D eigenvalue weighted by atomic mass is 16.5. The molecular formula is C16H31N3O. The molecule has 3 aliphatic rings. The van der Waals surface area contributed by atoms with Gasteiger partial charge in [-0.15, -0.1) is 0 Å². The van der Waals surface area contributed by atoms with Crippen molar-refractivity contribution in [2.75, 3.05) is 52.5 Å². The molecule has 4 heteroatoms. The van der Waals surface area contributed by atoms with Crippen molar-refractivity contribution in [2.45, 2.75) is 44.7 Å². The second-order valence-corrected chi connectivity index (χ2v) is 6.73. The number of nitrogens with zero attached hydrogens (tertiary/aromatic N) is 2. The van der Waals surface area contributed by atoms with Crippen molar-refractivity contribution >= 4 is 0 Å². The topological polar surface area (TPSA) is 27.7 Å². The quantitative estimate of drug-likeness (QED) is 0.791. The van der Waals surface area contributed by atoms with Crippen LogP contribution in [0.4, 0.5) is 0 Å². The molecular weight excluding hydrogens is 250 g/mol. The Hall–Kier alpha value is -0.160. The van der Waals surface area contributed by atoms with Crippen molar-refractivity contribution in [3.8, 4) is 0 Å². The van der Waals surface area contributed by atoms with Gasteiger partial charge in [0.2, 0.25) is 0 Å². The minimum atomic E-state index is 0.625. The lowest BCUT2D eigenvalue weighted by Gasteiger charge is -2.29. The van der Waals surface area contributed by atoms with Crippen LogP contribution in [0, 0.1) is 5.92 Å². The summed E-state index contributed by atoms with van der Waals surface area (Å²) in [6, 6.07) is 1.46. The molecule has 0 aromatic heterocycles. The van der Waals surface area contributed by atoms with Crippen molar-refractivity contribution in [3.63, 3.8) is 0 Å². The molecule has 3 atom stereocenters. The normalized spacial score (nSPS) is 34.0. The molecule has 0 spiro atoms. The molecule has 1 N–H and O–H groups in total. The third-order valence-corrected chi connectivity index (χ3v) is 5.36. The summed E-state index contributed by atoms with van der Waals surface area (Å²) in [7, 11) is 0. The average Bonchev–Trinajstić information content (AvgIpc) is 3.20. The van der Waals surface area contributed by atoms with Crippen molar-refractivity contribution in [3.05, 3.63) is 0 Å². The Balaban J connectivity index is 1.48. The second-order valence-electron chi connectivity index (χ2n) is 6.73. The third kappa shape index (κ3) is 3.53. The maximum absolute atomic E-state index is 5.58. The van der Waals surface area contributed by atoms with E-state index in [9.17, 15) is 0 Å². The molecule has 3 saturated heterocycles. The van der Waals surface area contributed by atoms with Crippen LogP contribution in [0.15, 0.2) is 0 Å². The zero-order valence-electron chi connectivity index (χ0n) is 13.0. The Morgan fingerprint density at radius 1 is 1.20 bits per heavy atom. The number of rotatable bonds is 6. The van der Waals surface area contributed by atoms with Gasteiger partial charge >= 0.3 is 0 Å². The molecule has 0 amide bonds. The number of likely N-dealkylation sites (N-methyl/N-ethyl adjacent to an activating group) is 1. The van der Waals surface area contributed by atoms with Crippen LogP contribution in [-0.4, -0.2) is 74.4 Å². The Morgan fingerprint density at radius 3 is 2.75 bits per heavy atom.